The molecule has 6 heteroatoms. The minimum atomic E-state index is 0.178. The molecule has 4 aliphatic carbocycles. The third-order valence-electron chi connectivity index (χ3n) is 10.2. The number of fused-ring (bicyclic) bond motifs is 1. The van der Waals surface area contributed by atoms with Crippen LogP contribution < -0.4 is 16.0 Å². The molecule has 192 valence electrons. The maximum atomic E-state index is 12.9. The summed E-state index contributed by atoms with van der Waals surface area (Å²) in [6.07, 6.45) is 15.2. The molecule has 2 amide bonds. The zero-order valence-corrected chi connectivity index (χ0v) is 21.2. The fraction of sp³-hybridized carbons (Fsp3) is 0.929. The van der Waals surface area contributed by atoms with Crippen molar-refractivity contribution in [2.45, 2.75) is 95.6 Å². The first-order valence-electron chi connectivity index (χ1n) is 14.4. The fourth-order valence-electron chi connectivity index (χ4n) is 7.77. The summed E-state index contributed by atoms with van der Waals surface area (Å²) in [6, 6.07) is 0.400. The summed E-state index contributed by atoms with van der Waals surface area (Å²) in [5.41, 5.74) is 0. The third-order valence-corrected chi connectivity index (χ3v) is 10.2. The van der Waals surface area contributed by atoms with Crippen LogP contribution in [0, 0.1) is 41.4 Å². The standard InChI is InChI=1S/C28H47N3O3/c1-34-24-10-2-18(3-11-24)16-30-27(32)20-6-4-19(5-7-20)25-15-26(25)28(33)31-23-9-8-22-17-29-13-12-21(22)14-23/h18-26,29H,2-17H2,1H3,(H,30,32)(H,31,33). The van der Waals surface area contributed by atoms with E-state index in [4.69, 9.17) is 4.74 Å². The van der Waals surface area contributed by atoms with Gasteiger partial charge in [0.05, 0.1) is 6.10 Å². The Balaban J connectivity index is 0.980. The van der Waals surface area contributed by atoms with Crippen LogP contribution in [0.5, 0.6) is 0 Å². The van der Waals surface area contributed by atoms with Crippen molar-refractivity contribution in [3.8, 4) is 0 Å². The van der Waals surface area contributed by atoms with Crippen molar-refractivity contribution >= 4 is 11.8 Å². The Morgan fingerprint density at radius 1 is 0.824 bits per heavy atom. The minimum Gasteiger partial charge on any atom is -0.381 e. The quantitative estimate of drug-likeness (QED) is 0.527. The molecule has 6 nitrogen and oxygen atoms in total. The van der Waals surface area contributed by atoms with Crippen molar-refractivity contribution in [3.05, 3.63) is 0 Å². The molecule has 0 aromatic carbocycles. The number of hydrogen-bond donors (Lipinski definition) is 3. The normalized spacial score (nSPS) is 42.3. The average molecular weight is 474 g/mol. The Hall–Kier alpha value is -1.14. The molecular weight excluding hydrogens is 426 g/mol. The van der Waals surface area contributed by atoms with E-state index in [1.807, 2.05) is 0 Å². The van der Waals surface area contributed by atoms with Gasteiger partial charge in [-0.05, 0) is 126 Å². The maximum Gasteiger partial charge on any atom is 0.223 e. The van der Waals surface area contributed by atoms with Crippen LogP contribution >= 0.6 is 0 Å². The highest BCUT2D eigenvalue weighted by atomic mass is 16.5. The van der Waals surface area contributed by atoms with Gasteiger partial charge in [0.15, 0.2) is 0 Å². The second-order valence-electron chi connectivity index (χ2n) is 12.3. The van der Waals surface area contributed by atoms with Gasteiger partial charge < -0.3 is 20.7 Å². The molecule has 0 aromatic rings. The summed E-state index contributed by atoms with van der Waals surface area (Å²) in [5, 5.41) is 10.2. The summed E-state index contributed by atoms with van der Waals surface area (Å²) in [5.74, 6) is 4.46. The molecule has 4 saturated carbocycles. The molecule has 1 aliphatic heterocycles. The number of carbonyl (C=O) groups is 2. The van der Waals surface area contributed by atoms with Crippen LogP contribution in [0.25, 0.3) is 0 Å². The van der Waals surface area contributed by atoms with Gasteiger partial charge in [-0.15, -0.1) is 0 Å². The molecule has 5 fully saturated rings. The van der Waals surface area contributed by atoms with Gasteiger partial charge in [0, 0.05) is 31.5 Å². The van der Waals surface area contributed by atoms with Gasteiger partial charge in [-0.2, -0.15) is 0 Å². The van der Waals surface area contributed by atoms with Gasteiger partial charge >= 0.3 is 0 Å². The van der Waals surface area contributed by atoms with E-state index in [0.717, 1.165) is 89.1 Å². The summed E-state index contributed by atoms with van der Waals surface area (Å²) in [4.78, 5) is 25.7. The molecule has 5 aliphatic rings. The SMILES string of the molecule is COC1CCC(CNC(=O)C2CCC(C3CC3C(=O)NC3CCC4CNCCC4C3)CC2)CC1. The first-order chi connectivity index (χ1) is 16.6. The highest BCUT2D eigenvalue weighted by Gasteiger charge is 2.49. The molecule has 5 atom stereocenters. The number of ether oxygens (including phenoxy) is 1. The van der Waals surface area contributed by atoms with Crippen LogP contribution in [0.2, 0.25) is 0 Å². The first kappa shape index (κ1) is 24.5. The Morgan fingerprint density at radius 3 is 2.35 bits per heavy atom. The molecule has 1 heterocycles. The van der Waals surface area contributed by atoms with E-state index in [1.165, 1.54) is 25.8 Å². The topological polar surface area (TPSA) is 79.5 Å². The summed E-state index contributed by atoms with van der Waals surface area (Å²) in [6.45, 7) is 3.15. The molecule has 3 N–H and O–H groups in total. The highest BCUT2D eigenvalue weighted by molar-refractivity contribution is 5.82. The third kappa shape index (κ3) is 5.98. The zero-order valence-electron chi connectivity index (χ0n) is 21.2. The molecule has 0 aromatic heterocycles. The van der Waals surface area contributed by atoms with Gasteiger partial charge in [-0.3, -0.25) is 9.59 Å². The number of amides is 2. The van der Waals surface area contributed by atoms with Gasteiger partial charge in [0.2, 0.25) is 11.8 Å². The largest absolute Gasteiger partial charge is 0.381 e. The second-order valence-corrected chi connectivity index (χ2v) is 12.3. The lowest BCUT2D eigenvalue weighted by atomic mass is 9.73. The predicted octanol–water partition coefficient (Wildman–Crippen LogP) is 3.64. The lowest BCUT2D eigenvalue weighted by molar-refractivity contribution is -0.127. The average Bonchev–Trinajstić information content (AvgIpc) is 3.69. The van der Waals surface area contributed by atoms with Gasteiger partial charge in [0.1, 0.15) is 0 Å². The Bertz CT molecular complexity index is 699. The first-order valence-corrected chi connectivity index (χ1v) is 14.4. The molecule has 34 heavy (non-hydrogen) atoms. The smallest absolute Gasteiger partial charge is 0.223 e. The van der Waals surface area contributed by atoms with E-state index in [1.54, 1.807) is 7.11 Å². The zero-order chi connectivity index (χ0) is 23.5. The summed E-state index contributed by atoms with van der Waals surface area (Å²) < 4.78 is 5.46. The lowest BCUT2D eigenvalue weighted by Gasteiger charge is -2.39. The van der Waals surface area contributed by atoms with Crippen molar-refractivity contribution < 1.29 is 14.3 Å². The van der Waals surface area contributed by atoms with Crippen LogP contribution in [0.4, 0.5) is 0 Å². The molecule has 1 saturated heterocycles. The number of nitrogens with one attached hydrogen (secondary N) is 3. The van der Waals surface area contributed by atoms with Gasteiger partial charge in [0.25, 0.3) is 0 Å². The predicted molar refractivity (Wildman–Crippen MR) is 133 cm³/mol. The number of piperidine rings is 1. The molecule has 0 spiro atoms. The van der Waals surface area contributed by atoms with Gasteiger partial charge in [-0.25, -0.2) is 0 Å². The monoisotopic (exact) mass is 473 g/mol. The second kappa shape index (κ2) is 11.3. The highest BCUT2D eigenvalue weighted by Crippen LogP contribution is 2.50. The van der Waals surface area contributed by atoms with Crippen LogP contribution in [-0.4, -0.2) is 50.7 Å². The van der Waals surface area contributed by atoms with Crippen LogP contribution in [-0.2, 0) is 14.3 Å². The molecular formula is C28H47N3O3. The minimum absolute atomic E-state index is 0.178. The van der Waals surface area contributed by atoms with E-state index in [-0.39, 0.29) is 17.7 Å². The fourth-order valence-corrected chi connectivity index (χ4v) is 7.77. The van der Waals surface area contributed by atoms with E-state index in [9.17, 15) is 9.59 Å². The molecule has 5 unspecified atom stereocenters. The Morgan fingerprint density at radius 2 is 1.59 bits per heavy atom. The van der Waals surface area contributed by atoms with Crippen molar-refractivity contribution in [1.29, 1.82) is 0 Å². The van der Waals surface area contributed by atoms with Crippen LogP contribution in [0.1, 0.15) is 83.5 Å². The Labute approximate surface area is 206 Å². The summed E-state index contributed by atoms with van der Waals surface area (Å²) >= 11 is 0. The van der Waals surface area contributed by atoms with Crippen molar-refractivity contribution in [1.82, 2.24) is 16.0 Å². The number of rotatable bonds is 7. The number of carbonyl (C=O) groups excluding carboxylic acids is 2. The van der Waals surface area contributed by atoms with Crippen LogP contribution in [0.3, 0.4) is 0 Å². The number of methoxy groups -OCH3 is 1. The lowest BCUT2D eigenvalue weighted by Crippen LogP contribution is -2.46. The molecule has 5 rings (SSSR count). The Kier molecular flexibility index (Phi) is 8.15. The summed E-state index contributed by atoms with van der Waals surface area (Å²) in [7, 11) is 1.80. The van der Waals surface area contributed by atoms with Gasteiger partial charge in [-0.1, -0.05) is 0 Å². The van der Waals surface area contributed by atoms with E-state index in [2.05, 4.69) is 16.0 Å². The van der Waals surface area contributed by atoms with E-state index >= 15 is 0 Å². The van der Waals surface area contributed by atoms with E-state index in [0.29, 0.717) is 35.8 Å². The number of hydrogen-bond acceptors (Lipinski definition) is 4. The van der Waals surface area contributed by atoms with Crippen molar-refractivity contribution in [2.75, 3.05) is 26.7 Å². The van der Waals surface area contributed by atoms with Crippen molar-refractivity contribution in [2.24, 2.45) is 41.4 Å². The van der Waals surface area contributed by atoms with Crippen molar-refractivity contribution in [3.63, 3.8) is 0 Å². The van der Waals surface area contributed by atoms with Crippen LogP contribution in [0.15, 0.2) is 0 Å². The molecule has 0 bridgehead atoms. The van der Waals surface area contributed by atoms with E-state index < -0.39 is 0 Å². The molecule has 0 radical (unpaired) electrons. The maximum absolute atomic E-state index is 12.9.